The molecule has 0 aliphatic carbocycles. The first-order chi connectivity index (χ1) is 10.3. The largest absolute Gasteiger partial charge is 0.381 e. The molecule has 3 heteroatoms. The van der Waals surface area contributed by atoms with E-state index in [0.29, 0.717) is 5.92 Å². The van der Waals surface area contributed by atoms with Gasteiger partial charge in [-0.15, -0.1) is 0 Å². The Bertz CT molecular complexity index is 385. The minimum Gasteiger partial charge on any atom is -0.381 e. The molecule has 1 aliphatic heterocycles. The highest BCUT2D eigenvalue weighted by Gasteiger charge is 2.15. The van der Waals surface area contributed by atoms with E-state index in [1.54, 1.807) is 0 Å². The number of likely N-dealkylation sites (N-methyl/N-ethyl adjacent to an activating group) is 1. The van der Waals surface area contributed by atoms with Crippen molar-refractivity contribution in [3.63, 3.8) is 0 Å². The monoisotopic (exact) mass is 290 g/mol. The van der Waals surface area contributed by atoms with Crippen molar-refractivity contribution in [2.75, 3.05) is 39.9 Å². The molecular weight excluding hydrogens is 260 g/mol. The third-order valence-corrected chi connectivity index (χ3v) is 4.14. The van der Waals surface area contributed by atoms with Crippen LogP contribution in [-0.2, 0) is 17.7 Å². The Labute approximate surface area is 129 Å². The topological polar surface area (TPSA) is 24.5 Å². The molecule has 118 valence electrons. The zero-order valence-electron chi connectivity index (χ0n) is 13.6. The van der Waals surface area contributed by atoms with E-state index in [2.05, 4.69) is 48.5 Å². The van der Waals surface area contributed by atoms with Gasteiger partial charge in [0.2, 0.25) is 0 Å². The van der Waals surface area contributed by atoms with Gasteiger partial charge in [-0.2, -0.15) is 0 Å². The van der Waals surface area contributed by atoms with E-state index in [1.807, 2.05) is 0 Å². The van der Waals surface area contributed by atoms with Crippen molar-refractivity contribution in [3.05, 3.63) is 35.4 Å². The summed E-state index contributed by atoms with van der Waals surface area (Å²) >= 11 is 0. The zero-order chi connectivity index (χ0) is 14.9. The molecule has 0 aromatic heterocycles. The van der Waals surface area contributed by atoms with Crippen LogP contribution < -0.4 is 5.32 Å². The summed E-state index contributed by atoms with van der Waals surface area (Å²) in [6.45, 7) is 8.33. The zero-order valence-corrected chi connectivity index (χ0v) is 13.6. The van der Waals surface area contributed by atoms with Crippen molar-refractivity contribution in [2.24, 2.45) is 5.92 Å². The molecule has 1 fully saturated rings. The molecule has 21 heavy (non-hydrogen) atoms. The van der Waals surface area contributed by atoms with Crippen molar-refractivity contribution in [2.45, 2.75) is 32.7 Å². The van der Waals surface area contributed by atoms with E-state index in [4.69, 9.17) is 4.74 Å². The smallest absolute Gasteiger partial charge is 0.0506 e. The quantitative estimate of drug-likeness (QED) is 0.745. The van der Waals surface area contributed by atoms with Crippen LogP contribution in [0.5, 0.6) is 0 Å². The van der Waals surface area contributed by atoms with Gasteiger partial charge in [0.15, 0.2) is 0 Å². The van der Waals surface area contributed by atoms with Crippen molar-refractivity contribution in [1.82, 2.24) is 10.2 Å². The highest BCUT2D eigenvalue weighted by Crippen LogP contribution is 2.15. The second-order valence-electron chi connectivity index (χ2n) is 6.20. The lowest BCUT2D eigenvalue weighted by Gasteiger charge is -2.27. The molecule has 1 aromatic carbocycles. The Morgan fingerprint density at radius 3 is 2.67 bits per heavy atom. The Morgan fingerprint density at radius 2 is 2.00 bits per heavy atom. The summed E-state index contributed by atoms with van der Waals surface area (Å²) in [5.74, 6) is 0.711. The van der Waals surface area contributed by atoms with Crippen LogP contribution in [0.1, 0.15) is 30.9 Å². The van der Waals surface area contributed by atoms with Gasteiger partial charge in [0.25, 0.3) is 0 Å². The maximum absolute atomic E-state index is 5.56. The Morgan fingerprint density at radius 1 is 1.24 bits per heavy atom. The molecule has 1 heterocycles. The number of rotatable bonds is 8. The predicted molar refractivity (Wildman–Crippen MR) is 88.6 cm³/mol. The lowest BCUT2D eigenvalue weighted by Crippen LogP contribution is -2.30. The second kappa shape index (κ2) is 9.19. The first-order valence-corrected chi connectivity index (χ1v) is 8.32. The highest BCUT2D eigenvalue weighted by atomic mass is 16.5. The van der Waals surface area contributed by atoms with Crippen molar-refractivity contribution < 1.29 is 4.74 Å². The van der Waals surface area contributed by atoms with Crippen LogP contribution in [0.25, 0.3) is 0 Å². The van der Waals surface area contributed by atoms with E-state index in [-0.39, 0.29) is 0 Å². The summed E-state index contributed by atoms with van der Waals surface area (Å²) in [7, 11) is 2.22. The molecular formula is C18H30N2O. The van der Waals surface area contributed by atoms with Crippen molar-refractivity contribution >= 4 is 0 Å². The van der Waals surface area contributed by atoms with Crippen LogP contribution in [0.2, 0.25) is 0 Å². The molecule has 0 spiro atoms. The summed E-state index contributed by atoms with van der Waals surface area (Å²) in [5.41, 5.74) is 2.82. The van der Waals surface area contributed by atoms with Crippen LogP contribution >= 0.6 is 0 Å². The molecule has 0 saturated carbocycles. The van der Waals surface area contributed by atoms with E-state index < -0.39 is 0 Å². The molecule has 1 unspecified atom stereocenters. The lowest BCUT2D eigenvalue weighted by atomic mass is 10.0. The van der Waals surface area contributed by atoms with E-state index in [9.17, 15) is 0 Å². The Hall–Kier alpha value is -0.900. The van der Waals surface area contributed by atoms with Crippen LogP contribution in [-0.4, -0.2) is 44.8 Å². The number of benzene rings is 1. The van der Waals surface area contributed by atoms with E-state index in [0.717, 1.165) is 45.8 Å². The van der Waals surface area contributed by atoms with Crippen molar-refractivity contribution in [1.29, 1.82) is 0 Å². The molecule has 1 N–H and O–H groups in total. The SMILES string of the molecule is CCNCCc1ccc(CN(C)CC2CCCOC2)cc1. The van der Waals surface area contributed by atoms with Gasteiger partial charge in [0.05, 0.1) is 6.61 Å². The summed E-state index contributed by atoms with van der Waals surface area (Å²) in [5, 5.41) is 3.37. The molecule has 0 bridgehead atoms. The van der Waals surface area contributed by atoms with Crippen LogP contribution in [0, 0.1) is 5.92 Å². The normalized spacial score (nSPS) is 19.1. The number of hydrogen-bond acceptors (Lipinski definition) is 3. The fourth-order valence-electron chi connectivity index (χ4n) is 2.99. The van der Waals surface area contributed by atoms with Crippen LogP contribution in [0.15, 0.2) is 24.3 Å². The first-order valence-electron chi connectivity index (χ1n) is 8.32. The maximum atomic E-state index is 5.56. The first kappa shape index (κ1) is 16.5. The molecule has 3 nitrogen and oxygen atoms in total. The van der Waals surface area contributed by atoms with Gasteiger partial charge in [0.1, 0.15) is 0 Å². The van der Waals surface area contributed by atoms with E-state index in [1.165, 1.54) is 24.0 Å². The van der Waals surface area contributed by atoms with E-state index >= 15 is 0 Å². The van der Waals surface area contributed by atoms with Gasteiger partial charge < -0.3 is 15.0 Å². The van der Waals surface area contributed by atoms with Gasteiger partial charge in [-0.3, -0.25) is 0 Å². The fraction of sp³-hybridized carbons (Fsp3) is 0.667. The van der Waals surface area contributed by atoms with Crippen molar-refractivity contribution in [3.8, 4) is 0 Å². The van der Waals surface area contributed by atoms with Gasteiger partial charge in [-0.05, 0) is 56.4 Å². The summed E-state index contributed by atoms with van der Waals surface area (Å²) in [6, 6.07) is 9.08. The second-order valence-corrected chi connectivity index (χ2v) is 6.20. The molecule has 0 radical (unpaired) electrons. The Balaban J connectivity index is 1.73. The molecule has 0 amide bonds. The van der Waals surface area contributed by atoms with Crippen LogP contribution in [0.3, 0.4) is 0 Å². The molecule has 1 atom stereocenters. The number of hydrogen-bond donors (Lipinski definition) is 1. The van der Waals surface area contributed by atoms with Gasteiger partial charge in [0, 0.05) is 19.7 Å². The standard InChI is InChI=1S/C18H30N2O/c1-3-19-11-10-16-6-8-17(9-7-16)13-20(2)14-18-5-4-12-21-15-18/h6-9,18-19H,3-5,10-15H2,1-2H3. The number of nitrogens with zero attached hydrogens (tertiary/aromatic N) is 1. The fourth-order valence-corrected chi connectivity index (χ4v) is 2.99. The summed E-state index contributed by atoms with van der Waals surface area (Å²) < 4.78 is 5.56. The van der Waals surface area contributed by atoms with Crippen LogP contribution in [0.4, 0.5) is 0 Å². The Kier molecular flexibility index (Phi) is 7.20. The average molecular weight is 290 g/mol. The maximum Gasteiger partial charge on any atom is 0.0506 e. The average Bonchev–Trinajstić information content (AvgIpc) is 2.50. The highest BCUT2D eigenvalue weighted by molar-refractivity contribution is 5.22. The number of nitrogens with one attached hydrogen (secondary N) is 1. The lowest BCUT2D eigenvalue weighted by molar-refractivity contribution is 0.0411. The van der Waals surface area contributed by atoms with Gasteiger partial charge >= 0.3 is 0 Å². The third-order valence-electron chi connectivity index (χ3n) is 4.14. The minimum absolute atomic E-state index is 0.711. The molecule has 1 aliphatic rings. The molecule has 1 aromatic rings. The third kappa shape index (κ3) is 6.16. The summed E-state index contributed by atoms with van der Waals surface area (Å²) in [6.07, 6.45) is 3.65. The molecule has 2 rings (SSSR count). The minimum atomic E-state index is 0.711. The number of ether oxygens (including phenoxy) is 1. The van der Waals surface area contributed by atoms with Gasteiger partial charge in [-0.25, -0.2) is 0 Å². The van der Waals surface area contributed by atoms with Gasteiger partial charge in [-0.1, -0.05) is 31.2 Å². The predicted octanol–water partition coefficient (Wildman–Crippen LogP) is 2.70. The summed E-state index contributed by atoms with van der Waals surface area (Å²) in [4.78, 5) is 2.42. The molecule has 1 saturated heterocycles.